The minimum absolute atomic E-state index is 0.476. The van der Waals surface area contributed by atoms with Crippen molar-refractivity contribution in [1.29, 1.82) is 0 Å². The zero-order valence-electron chi connectivity index (χ0n) is 9.24. The quantitative estimate of drug-likeness (QED) is 0.891. The van der Waals surface area contributed by atoms with Gasteiger partial charge in [0.2, 0.25) is 0 Å². The molecule has 1 saturated heterocycles. The normalized spacial score (nSPS) is 23.2. The van der Waals surface area contributed by atoms with Gasteiger partial charge in [-0.25, -0.2) is 0 Å². The van der Waals surface area contributed by atoms with Crippen LogP contribution in [0.1, 0.15) is 17.8 Å². The molecule has 1 aliphatic heterocycles. The van der Waals surface area contributed by atoms with Gasteiger partial charge in [0.15, 0.2) is 0 Å². The van der Waals surface area contributed by atoms with Gasteiger partial charge in [0, 0.05) is 49.8 Å². The Balaban J connectivity index is 1.76. The molecule has 0 spiro atoms. The second-order valence-electron chi connectivity index (χ2n) is 3.86. The molecule has 1 aliphatic rings. The summed E-state index contributed by atoms with van der Waals surface area (Å²) < 4.78 is 1.20. The number of rotatable bonds is 4. The summed E-state index contributed by atoms with van der Waals surface area (Å²) in [6.45, 7) is 3.38. The number of thiophene rings is 1. The van der Waals surface area contributed by atoms with Crippen molar-refractivity contribution in [3.8, 4) is 0 Å². The Morgan fingerprint density at radius 1 is 1.56 bits per heavy atom. The van der Waals surface area contributed by atoms with Gasteiger partial charge in [-0.1, -0.05) is 0 Å². The highest BCUT2D eigenvalue weighted by atomic mass is 79.9. The van der Waals surface area contributed by atoms with E-state index in [1.807, 2.05) is 11.3 Å². The van der Waals surface area contributed by atoms with Crippen molar-refractivity contribution in [1.82, 2.24) is 5.32 Å². The molecule has 0 radical (unpaired) electrons. The lowest BCUT2D eigenvalue weighted by Gasteiger charge is -2.23. The molecule has 2 unspecified atom stereocenters. The summed E-state index contributed by atoms with van der Waals surface area (Å²) in [7, 11) is 0. The molecule has 2 rings (SSSR count). The topological polar surface area (TPSA) is 12.0 Å². The van der Waals surface area contributed by atoms with Gasteiger partial charge < -0.3 is 5.32 Å². The van der Waals surface area contributed by atoms with Crippen molar-refractivity contribution in [2.75, 3.05) is 23.8 Å². The Morgan fingerprint density at radius 3 is 3.06 bits per heavy atom. The number of hydrogen-bond donors (Lipinski definition) is 1. The molecule has 1 fully saturated rings. The van der Waals surface area contributed by atoms with Crippen LogP contribution in [0.15, 0.2) is 15.9 Å². The SMILES string of the molecule is CC(NCC1CSCCS1)c1cc(Br)cs1. The minimum atomic E-state index is 0.476. The summed E-state index contributed by atoms with van der Waals surface area (Å²) in [4.78, 5) is 1.42. The van der Waals surface area contributed by atoms with Crippen LogP contribution in [-0.2, 0) is 0 Å². The van der Waals surface area contributed by atoms with E-state index < -0.39 is 0 Å². The molecular weight excluding hydrogens is 322 g/mol. The fourth-order valence-corrected chi connectivity index (χ4v) is 5.72. The molecule has 1 aromatic rings. The number of hydrogen-bond acceptors (Lipinski definition) is 4. The summed E-state index contributed by atoms with van der Waals surface area (Å²) in [6, 6.07) is 2.69. The molecule has 1 aromatic heterocycles. The molecule has 90 valence electrons. The van der Waals surface area contributed by atoms with Crippen LogP contribution in [-0.4, -0.2) is 29.1 Å². The second kappa shape index (κ2) is 6.69. The fourth-order valence-electron chi connectivity index (χ4n) is 1.62. The Labute approximate surface area is 118 Å². The Kier molecular flexibility index (Phi) is 5.55. The average Bonchev–Trinajstić information content (AvgIpc) is 2.74. The van der Waals surface area contributed by atoms with Crippen LogP contribution >= 0.6 is 50.8 Å². The highest BCUT2D eigenvalue weighted by Crippen LogP contribution is 2.27. The Bertz CT molecular complexity index is 323. The summed E-state index contributed by atoms with van der Waals surface area (Å²) in [5.74, 6) is 3.95. The summed E-state index contributed by atoms with van der Waals surface area (Å²) in [5.41, 5.74) is 0. The first-order valence-electron chi connectivity index (χ1n) is 5.42. The molecule has 5 heteroatoms. The molecule has 2 heterocycles. The van der Waals surface area contributed by atoms with E-state index in [1.165, 1.54) is 26.6 Å². The van der Waals surface area contributed by atoms with E-state index in [0.29, 0.717) is 6.04 Å². The predicted molar refractivity (Wildman–Crippen MR) is 82.0 cm³/mol. The fraction of sp³-hybridized carbons (Fsp3) is 0.636. The molecule has 1 nitrogen and oxygen atoms in total. The molecule has 2 atom stereocenters. The van der Waals surface area contributed by atoms with Gasteiger partial charge in [-0.2, -0.15) is 23.5 Å². The van der Waals surface area contributed by atoms with E-state index in [9.17, 15) is 0 Å². The van der Waals surface area contributed by atoms with Gasteiger partial charge in [0.25, 0.3) is 0 Å². The zero-order valence-corrected chi connectivity index (χ0v) is 13.3. The maximum absolute atomic E-state index is 3.64. The maximum Gasteiger partial charge on any atom is 0.0386 e. The van der Waals surface area contributed by atoms with Crippen molar-refractivity contribution in [2.45, 2.75) is 18.2 Å². The molecule has 16 heavy (non-hydrogen) atoms. The summed E-state index contributed by atoms with van der Waals surface area (Å²) in [6.07, 6.45) is 0. The van der Waals surface area contributed by atoms with E-state index in [4.69, 9.17) is 0 Å². The lowest BCUT2D eigenvalue weighted by molar-refractivity contribution is 0.585. The highest BCUT2D eigenvalue weighted by Gasteiger charge is 2.15. The van der Waals surface area contributed by atoms with Gasteiger partial charge in [0.05, 0.1) is 0 Å². The first-order chi connectivity index (χ1) is 7.75. The van der Waals surface area contributed by atoms with Crippen molar-refractivity contribution in [3.63, 3.8) is 0 Å². The van der Waals surface area contributed by atoms with Crippen molar-refractivity contribution >= 4 is 50.8 Å². The van der Waals surface area contributed by atoms with Gasteiger partial charge in [-0.05, 0) is 28.9 Å². The Hall–Kier alpha value is 0.840. The largest absolute Gasteiger partial charge is 0.308 e. The average molecular weight is 338 g/mol. The van der Waals surface area contributed by atoms with Gasteiger partial charge in [-0.3, -0.25) is 0 Å². The van der Waals surface area contributed by atoms with Gasteiger partial charge in [0.1, 0.15) is 0 Å². The third-order valence-electron chi connectivity index (χ3n) is 2.55. The molecule has 0 saturated carbocycles. The first-order valence-corrected chi connectivity index (χ1v) is 9.30. The summed E-state index contributed by atoms with van der Waals surface area (Å²) >= 11 is 9.53. The van der Waals surface area contributed by atoms with Gasteiger partial charge in [-0.15, -0.1) is 11.3 Å². The van der Waals surface area contributed by atoms with Crippen LogP contribution in [0.25, 0.3) is 0 Å². The van der Waals surface area contributed by atoms with Crippen molar-refractivity contribution in [2.24, 2.45) is 0 Å². The van der Waals surface area contributed by atoms with Crippen molar-refractivity contribution < 1.29 is 0 Å². The second-order valence-corrected chi connectivity index (χ2v) is 8.28. The molecule has 0 bridgehead atoms. The third kappa shape index (κ3) is 3.95. The van der Waals surface area contributed by atoms with Crippen molar-refractivity contribution in [3.05, 3.63) is 20.8 Å². The van der Waals surface area contributed by atoms with Crippen LogP contribution < -0.4 is 5.32 Å². The number of halogens is 1. The third-order valence-corrected chi connectivity index (χ3v) is 7.27. The molecule has 0 aliphatic carbocycles. The zero-order chi connectivity index (χ0) is 11.4. The van der Waals surface area contributed by atoms with Crippen LogP contribution in [0.4, 0.5) is 0 Å². The molecular formula is C11H16BrNS3. The molecule has 1 N–H and O–H groups in total. The van der Waals surface area contributed by atoms with Crippen LogP contribution in [0.2, 0.25) is 0 Å². The van der Waals surface area contributed by atoms with E-state index in [1.54, 1.807) is 0 Å². The van der Waals surface area contributed by atoms with Crippen LogP contribution in [0.5, 0.6) is 0 Å². The molecule has 0 aromatic carbocycles. The predicted octanol–water partition coefficient (Wildman–Crippen LogP) is 4.01. The lowest BCUT2D eigenvalue weighted by atomic mass is 10.2. The number of nitrogens with one attached hydrogen (secondary N) is 1. The molecule has 0 amide bonds. The lowest BCUT2D eigenvalue weighted by Crippen LogP contribution is -2.30. The van der Waals surface area contributed by atoms with Crippen LogP contribution in [0, 0.1) is 0 Å². The monoisotopic (exact) mass is 337 g/mol. The van der Waals surface area contributed by atoms with Gasteiger partial charge >= 0.3 is 0 Å². The smallest absolute Gasteiger partial charge is 0.0386 e. The highest BCUT2D eigenvalue weighted by molar-refractivity contribution is 9.10. The van der Waals surface area contributed by atoms with Crippen LogP contribution in [0.3, 0.4) is 0 Å². The number of thioether (sulfide) groups is 2. The summed E-state index contributed by atoms with van der Waals surface area (Å²) in [5, 5.41) is 6.58. The first kappa shape index (κ1) is 13.3. The minimum Gasteiger partial charge on any atom is -0.308 e. The van der Waals surface area contributed by atoms with E-state index in [0.717, 1.165) is 11.8 Å². The maximum atomic E-state index is 3.64. The van der Waals surface area contributed by atoms with E-state index in [2.05, 4.69) is 63.1 Å². The van der Waals surface area contributed by atoms with E-state index in [-0.39, 0.29) is 0 Å². The van der Waals surface area contributed by atoms with E-state index >= 15 is 0 Å². The standard InChI is InChI=1S/C11H16BrNS3/c1-8(11-4-9(12)6-16-11)13-5-10-7-14-2-3-15-10/h4,6,8,10,13H,2-3,5,7H2,1H3. The Morgan fingerprint density at radius 2 is 2.44 bits per heavy atom.